The molecule has 2 rings (SSSR count). The Morgan fingerprint density at radius 2 is 1.09 bits per heavy atom. The molecule has 0 aromatic carbocycles. The van der Waals surface area contributed by atoms with Crippen molar-refractivity contribution >= 4 is 23.9 Å². The van der Waals surface area contributed by atoms with Crippen molar-refractivity contribution < 1.29 is 38.1 Å². The molecule has 0 radical (unpaired) electrons. The fraction of sp³-hybridized carbons (Fsp3) is 0.714. The van der Waals surface area contributed by atoms with E-state index in [0.29, 0.717) is 0 Å². The van der Waals surface area contributed by atoms with Crippen LogP contribution in [0.25, 0.3) is 0 Å². The van der Waals surface area contributed by atoms with E-state index in [1.54, 1.807) is 0 Å². The number of carbonyl (C=O) groups excluding carboxylic acids is 4. The van der Waals surface area contributed by atoms with E-state index in [1.807, 2.05) is 0 Å². The minimum absolute atomic E-state index is 0.127. The third kappa shape index (κ3) is 2.10. The van der Waals surface area contributed by atoms with Gasteiger partial charge in [0, 0.05) is 0 Å². The average molecular weight is 329 g/mol. The van der Waals surface area contributed by atoms with Crippen LogP contribution in [0.4, 0.5) is 0 Å². The van der Waals surface area contributed by atoms with E-state index in [0.717, 1.165) is 28.4 Å². The fourth-order valence-corrected chi connectivity index (χ4v) is 3.81. The highest BCUT2D eigenvalue weighted by atomic mass is 16.5. The molecule has 0 amide bonds. The van der Waals surface area contributed by atoms with Crippen LogP contribution in [-0.4, -0.2) is 63.4 Å². The summed E-state index contributed by atoms with van der Waals surface area (Å²) < 4.78 is 19.1. The van der Waals surface area contributed by atoms with E-state index in [4.69, 9.17) is 18.9 Å². The SMILES string of the molecule is COC(=O)[C@@H]1[C@H](C(=O)OC)[C@@]2(C(=O)OC)CC[C@]1(C(=O)OC)N2. The number of nitrogens with one attached hydrogen (secondary N) is 1. The second-order valence-corrected chi connectivity index (χ2v) is 5.55. The smallest absolute Gasteiger partial charge is 0.327 e. The van der Waals surface area contributed by atoms with Crippen molar-refractivity contribution in [2.45, 2.75) is 23.9 Å². The van der Waals surface area contributed by atoms with Crippen LogP contribution in [0.2, 0.25) is 0 Å². The van der Waals surface area contributed by atoms with Crippen molar-refractivity contribution in [3.8, 4) is 0 Å². The predicted molar refractivity (Wildman–Crippen MR) is 72.9 cm³/mol. The number of methoxy groups -OCH3 is 4. The third-order valence-corrected chi connectivity index (χ3v) is 4.76. The molecule has 128 valence electrons. The molecule has 0 unspecified atom stereocenters. The van der Waals surface area contributed by atoms with Gasteiger partial charge in [-0.2, -0.15) is 0 Å². The van der Waals surface area contributed by atoms with Crippen LogP contribution in [0.1, 0.15) is 12.8 Å². The van der Waals surface area contributed by atoms with Crippen LogP contribution < -0.4 is 5.32 Å². The number of hydrogen-bond donors (Lipinski definition) is 1. The summed E-state index contributed by atoms with van der Waals surface area (Å²) >= 11 is 0. The Kier molecular flexibility index (Phi) is 4.34. The van der Waals surface area contributed by atoms with Gasteiger partial charge in [0.2, 0.25) is 0 Å². The van der Waals surface area contributed by atoms with Gasteiger partial charge in [0.05, 0.1) is 28.4 Å². The Bertz CT molecular complexity index is 513. The molecule has 0 aromatic heterocycles. The minimum Gasteiger partial charge on any atom is -0.469 e. The Morgan fingerprint density at radius 3 is 1.35 bits per heavy atom. The summed E-state index contributed by atoms with van der Waals surface area (Å²) in [5.41, 5.74) is -3.07. The van der Waals surface area contributed by atoms with Gasteiger partial charge in [0.25, 0.3) is 0 Å². The zero-order valence-electron chi connectivity index (χ0n) is 13.3. The lowest BCUT2D eigenvalue weighted by atomic mass is 9.66. The maximum atomic E-state index is 12.3. The van der Waals surface area contributed by atoms with Crippen LogP contribution >= 0.6 is 0 Å². The molecular weight excluding hydrogens is 310 g/mol. The van der Waals surface area contributed by atoms with Gasteiger partial charge in [-0.1, -0.05) is 0 Å². The Morgan fingerprint density at radius 1 is 0.739 bits per heavy atom. The van der Waals surface area contributed by atoms with Crippen LogP contribution in [0.5, 0.6) is 0 Å². The van der Waals surface area contributed by atoms with Crippen LogP contribution in [0, 0.1) is 11.8 Å². The lowest BCUT2D eigenvalue weighted by molar-refractivity contribution is -0.169. The van der Waals surface area contributed by atoms with E-state index in [-0.39, 0.29) is 12.8 Å². The molecule has 2 aliphatic heterocycles. The van der Waals surface area contributed by atoms with E-state index >= 15 is 0 Å². The molecule has 1 N–H and O–H groups in total. The number of esters is 4. The summed E-state index contributed by atoms with van der Waals surface area (Å²) in [5, 5.41) is 2.84. The number of fused-ring (bicyclic) bond motifs is 2. The molecule has 0 saturated carbocycles. The molecule has 9 nitrogen and oxygen atoms in total. The number of ether oxygens (including phenoxy) is 4. The van der Waals surface area contributed by atoms with Gasteiger partial charge >= 0.3 is 23.9 Å². The van der Waals surface area contributed by atoms with Crippen molar-refractivity contribution in [2.24, 2.45) is 11.8 Å². The average Bonchev–Trinajstić information content (AvgIpc) is 3.12. The monoisotopic (exact) mass is 329 g/mol. The second-order valence-electron chi connectivity index (χ2n) is 5.55. The maximum Gasteiger partial charge on any atom is 0.327 e. The molecule has 23 heavy (non-hydrogen) atoms. The first-order valence-corrected chi connectivity index (χ1v) is 6.96. The third-order valence-electron chi connectivity index (χ3n) is 4.76. The first-order valence-electron chi connectivity index (χ1n) is 6.96. The lowest BCUT2D eigenvalue weighted by Gasteiger charge is -2.34. The predicted octanol–water partition coefficient (Wildman–Crippen LogP) is -1.21. The summed E-state index contributed by atoms with van der Waals surface area (Å²) in [4.78, 5) is 49.2. The topological polar surface area (TPSA) is 117 Å². The van der Waals surface area contributed by atoms with Crippen molar-refractivity contribution in [1.82, 2.24) is 5.32 Å². The molecule has 2 heterocycles. The quantitative estimate of drug-likeness (QED) is 0.500. The second kappa shape index (κ2) is 5.80. The van der Waals surface area contributed by atoms with Gasteiger partial charge in [-0.3, -0.25) is 24.5 Å². The molecule has 0 spiro atoms. The molecule has 2 bridgehead atoms. The minimum atomic E-state index is -1.53. The molecule has 2 aliphatic rings. The van der Waals surface area contributed by atoms with E-state index in [2.05, 4.69) is 5.32 Å². The van der Waals surface area contributed by atoms with E-state index < -0.39 is 46.8 Å². The summed E-state index contributed by atoms with van der Waals surface area (Å²) in [7, 11) is 4.60. The summed E-state index contributed by atoms with van der Waals surface area (Å²) in [6.45, 7) is 0. The Labute approximate surface area is 132 Å². The zero-order chi connectivity index (χ0) is 17.4. The van der Waals surface area contributed by atoms with E-state index in [9.17, 15) is 19.2 Å². The molecular formula is C14H19NO8. The first kappa shape index (κ1) is 17.2. The number of rotatable bonds is 4. The lowest BCUT2D eigenvalue weighted by Crippen LogP contribution is -2.54. The molecule has 0 aliphatic carbocycles. The molecule has 4 atom stereocenters. The summed E-state index contributed by atoms with van der Waals surface area (Å²) in [5.74, 6) is -5.59. The Balaban J connectivity index is 2.64. The number of carbonyl (C=O) groups is 4. The highest BCUT2D eigenvalue weighted by molar-refractivity contribution is 6.01. The Hall–Kier alpha value is -2.16. The summed E-state index contributed by atoms with van der Waals surface area (Å²) in [6, 6.07) is 0. The van der Waals surface area contributed by atoms with E-state index in [1.165, 1.54) is 0 Å². The van der Waals surface area contributed by atoms with Crippen LogP contribution in [0.3, 0.4) is 0 Å². The fourth-order valence-electron chi connectivity index (χ4n) is 3.81. The van der Waals surface area contributed by atoms with Crippen LogP contribution in [0.15, 0.2) is 0 Å². The molecule has 2 saturated heterocycles. The van der Waals surface area contributed by atoms with Crippen molar-refractivity contribution in [1.29, 1.82) is 0 Å². The molecule has 0 aromatic rings. The largest absolute Gasteiger partial charge is 0.469 e. The zero-order valence-corrected chi connectivity index (χ0v) is 13.3. The van der Waals surface area contributed by atoms with Gasteiger partial charge < -0.3 is 18.9 Å². The van der Waals surface area contributed by atoms with Gasteiger partial charge in [-0.05, 0) is 12.8 Å². The van der Waals surface area contributed by atoms with Crippen molar-refractivity contribution in [2.75, 3.05) is 28.4 Å². The normalized spacial score (nSPS) is 34.6. The first-order chi connectivity index (χ1) is 10.8. The van der Waals surface area contributed by atoms with Crippen molar-refractivity contribution in [3.63, 3.8) is 0 Å². The van der Waals surface area contributed by atoms with Crippen molar-refractivity contribution in [3.05, 3.63) is 0 Å². The highest BCUT2D eigenvalue weighted by Crippen LogP contribution is 2.54. The summed E-state index contributed by atoms with van der Waals surface area (Å²) in [6.07, 6.45) is 0.254. The molecule has 2 fully saturated rings. The maximum absolute atomic E-state index is 12.3. The van der Waals surface area contributed by atoms with Gasteiger partial charge in [0.1, 0.15) is 22.9 Å². The standard InChI is InChI=1S/C14H19NO8/c1-20-9(16)7-8(10(17)21-2)14(12(19)23-4)6-5-13(7,15-14)11(18)22-3/h7-8,15H,5-6H2,1-4H3/t7-,8+,13-,14+. The van der Waals surface area contributed by atoms with Crippen LogP contribution in [-0.2, 0) is 38.1 Å². The van der Waals surface area contributed by atoms with Gasteiger partial charge in [-0.25, -0.2) is 0 Å². The highest BCUT2D eigenvalue weighted by Gasteiger charge is 2.77. The number of hydrogen-bond acceptors (Lipinski definition) is 9. The molecule has 9 heteroatoms. The van der Waals surface area contributed by atoms with Gasteiger partial charge in [0.15, 0.2) is 0 Å². The van der Waals surface area contributed by atoms with Gasteiger partial charge in [-0.15, -0.1) is 0 Å².